The number of aromatic carboxylic acids is 1. The highest BCUT2D eigenvalue weighted by Crippen LogP contribution is 2.24. The van der Waals surface area contributed by atoms with Crippen LogP contribution in [-0.4, -0.2) is 17.7 Å². The summed E-state index contributed by atoms with van der Waals surface area (Å²) in [6.45, 7) is -1.83. The third kappa shape index (κ3) is 2.39. The summed E-state index contributed by atoms with van der Waals surface area (Å²) >= 11 is 0. The third-order valence-corrected chi connectivity index (χ3v) is 1.74. The van der Waals surface area contributed by atoms with E-state index in [1.54, 1.807) is 0 Å². The number of halogens is 3. The maximum Gasteiger partial charge on any atom is 0.387 e. The molecule has 6 heteroatoms. The van der Waals surface area contributed by atoms with E-state index in [1.165, 1.54) is 13.0 Å². The van der Waals surface area contributed by atoms with Gasteiger partial charge < -0.3 is 9.84 Å². The Labute approximate surface area is 83.1 Å². The number of carbonyl (C=O) groups is 1. The van der Waals surface area contributed by atoms with E-state index < -0.39 is 29.7 Å². The van der Waals surface area contributed by atoms with Crippen LogP contribution >= 0.6 is 0 Å². The number of hydrogen-bond acceptors (Lipinski definition) is 2. The van der Waals surface area contributed by atoms with Gasteiger partial charge in [0.05, 0.1) is 0 Å². The Kier molecular flexibility index (Phi) is 3.18. The van der Waals surface area contributed by atoms with Gasteiger partial charge in [-0.1, -0.05) is 6.07 Å². The van der Waals surface area contributed by atoms with Crippen LogP contribution in [-0.2, 0) is 0 Å². The van der Waals surface area contributed by atoms with Crippen molar-refractivity contribution < 1.29 is 27.8 Å². The first-order valence-corrected chi connectivity index (χ1v) is 3.90. The number of alkyl halides is 2. The van der Waals surface area contributed by atoms with Crippen LogP contribution in [0.2, 0.25) is 0 Å². The van der Waals surface area contributed by atoms with Crippen LogP contribution in [0.1, 0.15) is 15.9 Å². The predicted octanol–water partition coefficient (Wildman–Crippen LogP) is 2.43. The number of benzene rings is 1. The van der Waals surface area contributed by atoms with Crippen molar-refractivity contribution in [3.05, 3.63) is 29.1 Å². The predicted molar refractivity (Wildman–Crippen MR) is 44.7 cm³/mol. The summed E-state index contributed by atoms with van der Waals surface area (Å²) < 4.78 is 40.7. The molecular formula is C9H7F3O3. The second-order valence-corrected chi connectivity index (χ2v) is 2.75. The molecule has 3 nitrogen and oxygen atoms in total. The quantitative estimate of drug-likeness (QED) is 0.850. The molecule has 0 radical (unpaired) electrons. The Morgan fingerprint density at radius 3 is 2.53 bits per heavy atom. The van der Waals surface area contributed by atoms with Crippen LogP contribution in [0, 0.1) is 12.7 Å². The van der Waals surface area contributed by atoms with E-state index in [1.807, 2.05) is 0 Å². The van der Waals surface area contributed by atoms with Crippen molar-refractivity contribution in [2.24, 2.45) is 0 Å². The summed E-state index contributed by atoms with van der Waals surface area (Å²) in [5.41, 5.74) is -0.519. The molecule has 0 spiro atoms. The normalized spacial score (nSPS) is 10.5. The zero-order valence-electron chi connectivity index (χ0n) is 7.63. The van der Waals surface area contributed by atoms with Crippen molar-refractivity contribution >= 4 is 5.97 Å². The second kappa shape index (κ2) is 4.20. The van der Waals surface area contributed by atoms with Crippen LogP contribution in [0.25, 0.3) is 0 Å². The minimum Gasteiger partial charge on any atom is -0.478 e. The Morgan fingerprint density at radius 2 is 2.07 bits per heavy atom. The smallest absolute Gasteiger partial charge is 0.387 e. The summed E-state index contributed by atoms with van der Waals surface area (Å²) in [7, 11) is 0. The number of hydrogen-bond donors (Lipinski definition) is 1. The van der Waals surface area contributed by atoms with Crippen molar-refractivity contribution in [2.45, 2.75) is 13.5 Å². The van der Waals surface area contributed by atoms with Gasteiger partial charge in [-0.15, -0.1) is 0 Å². The molecule has 0 amide bonds. The molecule has 0 heterocycles. The third-order valence-electron chi connectivity index (χ3n) is 1.74. The minimum atomic E-state index is -3.19. The maximum atomic E-state index is 13.3. The van der Waals surface area contributed by atoms with E-state index in [0.29, 0.717) is 0 Å². The lowest BCUT2D eigenvalue weighted by Crippen LogP contribution is -2.09. The summed E-state index contributed by atoms with van der Waals surface area (Å²) in [5.74, 6) is -3.58. The number of carboxylic acids is 1. The highest BCUT2D eigenvalue weighted by molar-refractivity contribution is 5.90. The Hall–Kier alpha value is -1.72. The van der Waals surface area contributed by atoms with E-state index in [9.17, 15) is 18.0 Å². The van der Waals surface area contributed by atoms with Gasteiger partial charge >= 0.3 is 12.6 Å². The molecule has 0 unspecified atom stereocenters. The zero-order valence-corrected chi connectivity index (χ0v) is 7.63. The van der Waals surface area contributed by atoms with Gasteiger partial charge in [-0.05, 0) is 18.6 Å². The highest BCUT2D eigenvalue weighted by atomic mass is 19.3. The van der Waals surface area contributed by atoms with Gasteiger partial charge in [-0.25, -0.2) is 9.18 Å². The van der Waals surface area contributed by atoms with Gasteiger partial charge in [0.2, 0.25) is 0 Å². The molecule has 0 fully saturated rings. The molecule has 0 aromatic heterocycles. The second-order valence-electron chi connectivity index (χ2n) is 2.75. The van der Waals surface area contributed by atoms with E-state index in [4.69, 9.17) is 5.11 Å². The molecule has 1 N–H and O–H groups in total. The fraction of sp³-hybridized carbons (Fsp3) is 0.222. The van der Waals surface area contributed by atoms with Gasteiger partial charge in [0, 0.05) is 0 Å². The van der Waals surface area contributed by atoms with Gasteiger partial charge in [0.15, 0.2) is 11.6 Å². The number of rotatable bonds is 3. The summed E-state index contributed by atoms with van der Waals surface area (Å²) in [5, 5.41) is 8.62. The maximum absolute atomic E-state index is 13.3. The standard InChI is InChI=1S/C9H7F3O3/c1-4-2-3-5(15-9(11)12)7(10)6(4)8(13)14/h2-3,9H,1H3,(H,13,14). The zero-order chi connectivity index (χ0) is 11.6. The van der Waals surface area contributed by atoms with Crippen LogP contribution in [0.3, 0.4) is 0 Å². The highest BCUT2D eigenvalue weighted by Gasteiger charge is 2.19. The first-order chi connectivity index (χ1) is 6.93. The molecule has 1 aromatic rings. The lowest BCUT2D eigenvalue weighted by molar-refractivity contribution is -0.0523. The summed E-state index contributed by atoms with van der Waals surface area (Å²) in [6.07, 6.45) is 0. The molecule has 0 saturated heterocycles. The lowest BCUT2D eigenvalue weighted by atomic mass is 10.1. The van der Waals surface area contributed by atoms with Crippen molar-refractivity contribution in [1.29, 1.82) is 0 Å². The Morgan fingerprint density at radius 1 is 1.47 bits per heavy atom. The number of aryl methyl sites for hydroxylation is 1. The van der Waals surface area contributed by atoms with Gasteiger partial charge in [-0.3, -0.25) is 0 Å². The minimum absolute atomic E-state index is 0.140. The van der Waals surface area contributed by atoms with Gasteiger partial charge in [0.25, 0.3) is 0 Å². The van der Waals surface area contributed by atoms with E-state index in [0.717, 1.165) is 6.07 Å². The molecule has 0 aliphatic carbocycles. The molecule has 1 rings (SSSR count). The Balaban J connectivity index is 3.22. The molecule has 1 aromatic carbocycles. The Bertz CT molecular complexity index is 390. The largest absolute Gasteiger partial charge is 0.478 e. The van der Waals surface area contributed by atoms with Crippen LogP contribution in [0.5, 0.6) is 5.75 Å². The number of carboxylic acid groups (broad SMARTS) is 1. The van der Waals surface area contributed by atoms with E-state index in [2.05, 4.69) is 4.74 Å². The summed E-state index contributed by atoms with van der Waals surface area (Å²) in [4.78, 5) is 10.6. The van der Waals surface area contributed by atoms with Gasteiger partial charge in [0.1, 0.15) is 5.56 Å². The van der Waals surface area contributed by atoms with Crippen LogP contribution < -0.4 is 4.74 Å². The van der Waals surface area contributed by atoms with Crippen molar-refractivity contribution in [3.8, 4) is 5.75 Å². The fourth-order valence-electron chi connectivity index (χ4n) is 1.10. The molecular weight excluding hydrogens is 213 g/mol. The monoisotopic (exact) mass is 220 g/mol. The van der Waals surface area contributed by atoms with Crippen LogP contribution in [0.4, 0.5) is 13.2 Å². The lowest BCUT2D eigenvalue weighted by Gasteiger charge is -2.08. The molecule has 0 aliphatic heterocycles. The van der Waals surface area contributed by atoms with Crippen LogP contribution in [0.15, 0.2) is 12.1 Å². The van der Waals surface area contributed by atoms with Crippen molar-refractivity contribution in [2.75, 3.05) is 0 Å². The fourth-order valence-corrected chi connectivity index (χ4v) is 1.10. The molecule has 15 heavy (non-hydrogen) atoms. The SMILES string of the molecule is Cc1ccc(OC(F)F)c(F)c1C(=O)O. The molecule has 0 bridgehead atoms. The van der Waals surface area contributed by atoms with Crippen molar-refractivity contribution in [1.82, 2.24) is 0 Å². The first-order valence-electron chi connectivity index (χ1n) is 3.90. The molecule has 0 atom stereocenters. The number of ether oxygens (including phenoxy) is 1. The molecule has 82 valence electrons. The molecule has 0 saturated carbocycles. The van der Waals surface area contributed by atoms with Crippen molar-refractivity contribution in [3.63, 3.8) is 0 Å². The van der Waals surface area contributed by atoms with E-state index >= 15 is 0 Å². The van der Waals surface area contributed by atoms with E-state index in [-0.39, 0.29) is 5.56 Å². The average molecular weight is 220 g/mol. The first kappa shape index (κ1) is 11.4. The average Bonchev–Trinajstić information content (AvgIpc) is 2.09. The van der Waals surface area contributed by atoms with Gasteiger partial charge in [-0.2, -0.15) is 8.78 Å². The summed E-state index contributed by atoms with van der Waals surface area (Å²) in [6, 6.07) is 2.16. The molecule has 0 aliphatic rings. The topological polar surface area (TPSA) is 46.5 Å².